The number of hydrogen-bond acceptors (Lipinski definition) is 4. The van der Waals surface area contributed by atoms with Crippen LogP contribution in [0, 0.1) is 0 Å². The second-order valence-corrected chi connectivity index (χ2v) is 3.65. The molecule has 1 atom stereocenters. The highest BCUT2D eigenvalue weighted by Crippen LogP contribution is 2.16. The molecule has 1 aromatic heterocycles. The minimum absolute atomic E-state index is 0.129. The topological polar surface area (TPSA) is 80.0 Å². The molecule has 80 valence electrons. The molecular formula is C10H14N4O. The van der Waals surface area contributed by atoms with Crippen LogP contribution in [0.2, 0.25) is 0 Å². The van der Waals surface area contributed by atoms with E-state index < -0.39 is 0 Å². The highest BCUT2D eigenvalue weighted by atomic mass is 16.1. The van der Waals surface area contributed by atoms with Gasteiger partial charge in [0, 0.05) is 25.2 Å². The Labute approximate surface area is 88.1 Å². The third-order valence-electron chi connectivity index (χ3n) is 2.48. The van der Waals surface area contributed by atoms with Gasteiger partial charge in [0.2, 0.25) is 5.91 Å². The number of rotatable bonds is 3. The summed E-state index contributed by atoms with van der Waals surface area (Å²) in [6.07, 6.45) is 4.80. The van der Waals surface area contributed by atoms with Gasteiger partial charge in [0.25, 0.3) is 0 Å². The highest BCUT2D eigenvalue weighted by molar-refractivity contribution is 5.78. The first-order valence-electron chi connectivity index (χ1n) is 4.98. The number of nitrogens with zero attached hydrogens (tertiary/aromatic N) is 1. The Morgan fingerprint density at radius 1 is 1.67 bits per heavy atom. The van der Waals surface area contributed by atoms with Crippen LogP contribution in [0.5, 0.6) is 0 Å². The smallest absolute Gasteiger partial charge is 0.220 e. The van der Waals surface area contributed by atoms with Crippen molar-refractivity contribution in [1.82, 2.24) is 10.3 Å². The van der Waals surface area contributed by atoms with Crippen LogP contribution in [-0.2, 0) is 4.79 Å². The van der Waals surface area contributed by atoms with Gasteiger partial charge in [0.1, 0.15) is 0 Å². The van der Waals surface area contributed by atoms with Gasteiger partial charge in [0.15, 0.2) is 0 Å². The zero-order valence-corrected chi connectivity index (χ0v) is 8.36. The van der Waals surface area contributed by atoms with Crippen LogP contribution in [0.1, 0.15) is 12.8 Å². The number of anilines is 2. The fourth-order valence-electron chi connectivity index (χ4n) is 1.63. The first-order valence-corrected chi connectivity index (χ1v) is 4.98. The summed E-state index contributed by atoms with van der Waals surface area (Å²) in [5, 5.41) is 6.08. The summed E-state index contributed by atoms with van der Waals surface area (Å²) in [6, 6.07) is 2.04. The third-order valence-corrected chi connectivity index (χ3v) is 2.48. The Bertz CT molecular complexity index is 366. The Morgan fingerprint density at radius 3 is 3.20 bits per heavy atom. The predicted octanol–water partition coefficient (Wildman–Crippen LogP) is 0.354. The summed E-state index contributed by atoms with van der Waals surface area (Å²) in [5.74, 6) is 0.129. The van der Waals surface area contributed by atoms with Gasteiger partial charge in [-0.1, -0.05) is 0 Å². The molecule has 0 saturated carbocycles. The molecule has 0 radical (unpaired) electrons. The molecule has 0 aliphatic carbocycles. The lowest BCUT2D eigenvalue weighted by Crippen LogP contribution is -2.31. The molecule has 15 heavy (non-hydrogen) atoms. The number of nitrogen functional groups attached to an aromatic ring is 1. The maximum Gasteiger partial charge on any atom is 0.220 e. The van der Waals surface area contributed by atoms with Gasteiger partial charge in [-0.05, 0) is 12.5 Å². The lowest BCUT2D eigenvalue weighted by molar-refractivity contribution is -0.119. The Hall–Kier alpha value is -1.78. The molecule has 2 rings (SSSR count). The number of nitrogens with one attached hydrogen (secondary N) is 2. The normalized spacial score (nSPS) is 20.0. The molecule has 5 heteroatoms. The van der Waals surface area contributed by atoms with E-state index in [1.165, 1.54) is 0 Å². The maximum atomic E-state index is 11.0. The minimum Gasteiger partial charge on any atom is -0.396 e. The van der Waals surface area contributed by atoms with Gasteiger partial charge in [-0.15, -0.1) is 0 Å². The van der Waals surface area contributed by atoms with Crippen LogP contribution in [0.25, 0.3) is 0 Å². The van der Waals surface area contributed by atoms with Crippen molar-refractivity contribution in [3.8, 4) is 0 Å². The van der Waals surface area contributed by atoms with Crippen molar-refractivity contribution < 1.29 is 4.79 Å². The summed E-state index contributed by atoms with van der Waals surface area (Å²) >= 11 is 0. The largest absolute Gasteiger partial charge is 0.396 e. The number of carbonyl (C=O) groups is 1. The van der Waals surface area contributed by atoms with E-state index in [0.717, 1.165) is 12.1 Å². The SMILES string of the molecule is Nc1cnccc1NCC1CCC(=O)N1. The fraction of sp³-hybridized carbons (Fsp3) is 0.400. The standard InChI is InChI=1S/C10H14N4O/c11-8-6-12-4-3-9(8)13-5-7-1-2-10(15)14-7/h3-4,6-7H,1-2,5,11H2,(H,12,13)(H,14,15). The highest BCUT2D eigenvalue weighted by Gasteiger charge is 2.20. The molecule has 1 aliphatic heterocycles. The molecule has 1 aromatic rings. The fourth-order valence-corrected chi connectivity index (χ4v) is 1.63. The van der Waals surface area contributed by atoms with Gasteiger partial charge < -0.3 is 16.4 Å². The van der Waals surface area contributed by atoms with Crippen LogP contribution >= 0.6 is 0 Å². The molecule has 1 aliphatic rings. The van der Waals surface area contributed by atoms with Gasteiger partial charge in [-0.2, -0.15) is 0 Å². The van der Waals surface area contributed by atoms with Crippen LogP contribution in [-0.4, -0.2) is 23.5 Å². The summed E-state index contributed by atoms with van der Waals surface area (Å²) < 4.78 is 0. The van der Waals surface area contributed by atoms with E-state index in [0.29, 0.717) is 18.7 Å². The van der Waals surface area contributed by atoms with Crippen LogP contribution in [0.4, 0.5) is 11.4 Å². The Kier molecular flexibility index (Phi) is 2.71. The lowest BCUT2D eigenvalue weighted by atomic mass is 10.2. The van der Waals surface area contributed by atoms with Crippen molar-refractivity contribution in [1.29, 1.82) is 0 Å². The third kappa shape index (κ3) is 2.37. The Balaban J connectivity index is 1.88. The molecule has 1 unspecified atom stereocenters. The maximum absolute atomic E-state index is 11.0. The monoisotopic (exact) mass is 206 g/mol. The van der Waals surface area contributed by atoms with Crippen molar-refractivity contribution in [3.05, 3.63) is 18.5 Å². The van der Waals surface area contributed by atoms with Crippen LogP contribution in [0.3, 0.4) is 0 Å². The molecule has 0 bridgehead atoms. The van der Waals surface area contributed by atoms with Crippen LogP contribution < -0.4 is 16.4 Å². The quantitative estimate of drug-likeness (QED) is 0.667. The zero-order chi connectivity index (χ0) is 10.7. The number of amides is 1. The van der Waals surface area contributed by atoms with Gasteiger partial charge in [0.05, 0.1) is 17.6 Å². The van der Waals surface area contributed by atoms with Crippen molar-refractivity contribution in [2.24, 2.45) is 0 Å². The summed E-state index contributed by atoms with van der Waals surface area (Å²) in [7, 11) is 0. The molecule has 0 spiro atoms. The van der Waals surface area contributed by atoms with E-state index in [1.807, 2.05) is 6.07 Å². The average Bonchev–Trinajstić information content (AvgIpc) is 2.63. The van der Waals surface area contributed by atoms with Crippen LogP contribution in [0.15, 0.2) is 18.5 Å². The Morgan fingerprint density at radius 2 is 2.53 bits per heavy atom. The van der Waals surface area contributed by atoms with Crippen molar-refractivity contribution in [2.75, 3.05) is 17.6 Å². The first kappa shape index (κ1) is 9.76. The van der Waals surface area contributed by atoms with E-state index in [-0.39, 0.29) is 11.9 Å². The minimum atomic E-state index is 0.129. The molecule has 2 heterocycles. The second-order valence-electron chi connectivity index (χ2n) is 3.65. The number of aromatic nitrogens is 1. The van der Waals surface area contributed by atoms with Crippen molar-refractivity contribution in [2.45, 2.75) is 18.9 Å². The van der Waals surface area contributed by atoms with E-state index in [9.17, 15) is 4.79 Å². The van der Waals surface area contributed by atoms with E-state index >= 15 is 0 Å². The second kappa shape index (κ2) is 4.16. The van der Waals surface area contributed by atoms with E-state index in [4.69, 9.17) is 5.73 Å². The number of pyridine rings is 1. The molecule has 5 nitrogen and oxygen atoms in total. The molecule has 4 N–H and O–H groups in total. The molecule has 1 amide bonds. The predicted molar refractivity (Wildman–Crippen MR) is 58.3 cm³/mol. The molecule has 1 saturated heterocycles. The van der Waals surface area contributed by atoms with Crippen molar-refractivity contribution in [3.63, 3.8) is 0 Å². The molecular weight excluding hydrogens is 192 g/mol. The van der Waals surface area contributed by atoms with Crippen molar-refractivity contribution >= 4 is 17.3 Å². The summed E-state index contributed by atoms with van der Waals surface area (Å²) in [5.41, 5.74) is 7.21. The van der Waals surface area contributed by atoms with E-state index in [2.05, 4.69) is 15.6 Å². The number of hydrogen-bond donors (Lipinski definition) is 3. The van der Waals surface area contributed by atoms with E-state index in [1.54, 1.807) is 12.4 Å². The zero-order valence-electron chi connectivity index (χ0n) is 8.36. The van der Waals surface area contributed by atoms with Gasteiger partial charge >= 0.3 is 0 Å². The van der Waals surface area contributed by atoms with Gasteiger partial charge in [-0.3, -0.25) is 9.78 Å². The van der Waals surface area contributed by atoms with Gasteiger partial charge in [-0.25, -0.2) is 0 Å². The lowest BCUT2D eigenvalue weighted by Gasteiger charge is -2.13. The summed E-state index contributed by atoms with van der Waals surface area (Å²) in [6.45, 7) is 0.708. The molecule has 1 fully saturated rings. The molecule has 0 aromatic carbocycles. The first-order chi connectivity index (χ1) is 7.25. The average molecular weight is 206 g/mol. The number of carbonyl (C=O) groups excluding carboxylic acids is 1. The number of nitrogens with two attached hydrogens (primary N) is 1. The summed E-state index contributed by atoms with van der Waals surface area (Å²) in [4.78, 5) is 14.9.